The maximum atomic E-state index is 7.59. The van der Waals surface area contributed by atoms with Gasteiger partial charge in [0.15, 0.2) is 0 Å². The first-order valence-electron chi connectivity index (χ1n) is 5.14. The first-order valence-corrected chi connectivity index (χ1v) is 7.13. The SMILES string of the molecule is N=C(N)c1c(Cl)cccc1Sc1ccc(Br)cc1. The van der Waals surface area contributed by atoms with Crippen molar-refractivity contribution in [2.45, 2.75) is 9.79 Å². The average molecular weight is 342 g/mol. The van der Waals surface area contributed by atoms with Crippen molar-refractivity contribution in [2.24, 2.45) is 5.73 Å². The standard InChI is InChI=1S/C13H10BrClN2S/c14-8-4-6-9(7-5-8)18-11-3-1-2-10(15)12(11)13(16)17/h1-7H,(H3,16,17). The maximum absolute atomic E-state index is 7.59. The molecule has 5 heteroatoms. The smallest absolute Gasteiger partial charge is 0.125 e. The Bertz CT molecular complexity index is 584. The first kappa shape index (κ1) is 13.5. The third kappa shape index (κ3) is 3.07. The molecule has 0 radical (unpaired) electrons. The van der Waals surface area contributed by atoms with Crippen molar-refractivity contribution in [3.63, 3.8) is 0 Å². The number of hydrogen-bond acceptors (Lipinski definition) is 2. The molecule has 0 saturated heterocycles. The van der Waals surface area contributed by atoms with Crippen molar-refractivity contribution in [3.05, 3.63) is 57.5 Å². The third-order valence-corrected chi connectivity index (χ3v) is 4.20. The second kappa shape index (κ2) is 5.78. The highest BCUT2D eigenvalue weighted by molar-refractivity contribution is 9.10. The van der Waals surface area contributed by atoms with Gasteiger partial charge in [-0.2, -0.15) is 0 Å². The fourth-order valence-electron chi connectivity index (χ4n) is 1.48. The van der Waals surface area contributed by atoms with Crippen LogP contribution in [0.4, 0.5) is 0 Å². The summed E-state index contributed by atoms with van der Waals surface area (Å²) in [4.78, 5) is 1.96. The highest BCUT2D eigenvalue weighted by Crippen LogP contribution is 2.33. The van der Waals surface area contributed by atoms with Crippen LogP contribution >= 0.6 is 39.3 Å². The summed E-state index contributed by atoms with van der Waals surface area (Å²) in [5.41, 5.74) is 6.16. The van der Waals surface area contributed by atoms with E-state index in [0.717, 1.165) is 14.3 Å². The Labute approximate surface area is 123 Å². The van der Waals surface area contributed by atoms with Crippen LogP contribution in [0, 0.1) is 5.41 Å². The minimum atomic E-state index is -0.0137. The van der Waals surface area contributed by atoms with Crippen molar-refractivity contribution >= 4 is 45.1 Å². The summed E-state index contributed by atoms with van der Waals surface area (Å²) in [6.45, 7) is 0. The zero-order valence-electron chi connectivity index (χ0n) is 9.28. The zero-order chi connectivity index (χ0) is 13.1. The molecule has 0 saturated carbocycles. The largest absolute Gasteiger partial charge is 0.384 e. The topological polar surface area (TPSA) is 49.9 Å². The van der Waals surface area contributed by atoms with E-state index in [4.69, 9.17) is 22.7 Å². The van der Waals surface area contributed by atoms with Crippen molar-refractivity contribution in [2.75, 3.05) is 0 Å². The number of hydrogen-bond donors (Lipinski definition) is 2. The van der Waals surface area contributed by atoms with Gasteiger partial charge in [0.25, 0.3) is 0 Å². The molecule has 0 bridgehead atoms. The minimum absolute atomic E-state index is 0.0137. The lowest BCUT2D eigenvalue weighted by atomic mass is 10.2. The van der Waals surface area contributed by atoms with Gasteiger partial charge in [-0.25, -0.2) is 0 Å². The third-order valence-electron chi connectivity index (χ3n) is 2.29. The van der Waals surface area contributed by atoms with Crippen LogP contribution < -0.4 is 5.73 Å². The van der Waals surface area contributed by atoms with Gasteiger partial charge >= 0.3 is 0 Å². The molecule has 2 nitrogen and oxygen atoms in total. The van der Waals surface area contributed by atoms with Crippen molar-refractivity contribution in [1.82, 2.24) is 0 Å². The van der Waals surface area contributed by atoms with Crippen molar-refractivity contribution in [1.29, 1.82) is 5.41 Å². The monoisotopic (exact) mass is 340 g/mol. The van der Waals surface area contributed by atoms with Crippen molar-refractivity contribution in [3.8, 4) is 0 Å². The van der Waals surface area contributed by atoms with Gasteiger partial charge in [0.2, 0.25) is 0 Å². The molecule has 0 aliphatic rings. The predicted molar refractivity (Wildman–Crippen MR) is 80.7 cm³/mol. The van der Waals surface area contributed by atoms with Crippen molar-refractivity contribution < 1.29 is 0 Å². The number of nitrogens with two attached hydrogens (primary N) is 1. The zero-order valence-corrected chi connectivity index (χ0v) is 12.4. The number of halogens is 2. The van der Waals surface area contributed by atoms with Crippen LogP contribution in [0.25, 0.3) is 0 Å². The lowest BCUT2D eigenvalue weighted by molar-refractivity contribution is 1.33. The van der Waals surface area contributed by atoms with Gasteiger partial charge in [0, 0.05) is 19.8 Å². The minimum Gasteiger partial charge on any atom is -0.384 e. The molecule has 0 amide bonds. The lowest BCUT2D eigenvalue weighted by Crippen LogP contribution is -2.12. The van der Waals surface area contributed by atoms with E-state index in [1.807, 2.05) is 36.4 Å². The molecular weight excluding hydrogens is 332 g/mol. The summed E-state index contributed by atoms with van der Waals surface area (Å²) in [7, 11) is 0. The van der Waals surface area contributed by atoms with E-state index in [2.05, 4.69) is 15.9 Å². The van der Waals surface area contributed by atoms with E-state index >= 15 is 0 Å². The van der Waals surface area contributed by atoms with E-state index in [1.165, 1.54) is 11.8 Å². The van der Waals surface area contributed by atoms with E-state index in [-0.39, 0.29) is 5.84 Å². The maximum Gasteiger partial charge on any atom is 0.125 e. The van der Waals surface area contributed by atoms with Gasteiger partial charge in [-0.1, -0.05) is 45.4 Å². The molecule has 2 rings (SSSR count). The van der Waals surface area contributed by atoms with Crippen LogP contribution in [0.3, 0.4) is 0 Å². The molecule has 0 spiro atoms. The number of benzene rings is 2. The van der Waals surface area contributed by atoms with Crippen LogP contribution in [0.15, 0.2) is 56.7 Å². The number of nitrogen functional groups attached to an aromatic ring is 1. The molecule has 2 aromatic rings. The van der Waals surface area contributed by atoms with Gasteiger partial charge in [-0.05, 0) is 36.4 Å². The molecule has 0 unspecified atom stereocenters. The summed E-state index contributed by atoms with van der Waals surface area (Å²) in [6.07, 6.45) is 0. The second-order valence-electron chi connectivity index (χ2n) is 3.58. The summed E-state index contributed by atoms with van der Waals surface area (Å²) in [6, 6.07) is 13.5. The second-order valence-corrected chi connectivity index (χ2v) is 6.02. The summed E-state index contributed by atoms with van der Waals surface area (Å²) < 4.78 is 1.03. The summed E-state index contributed by atoms with van der Waals surface area (Å²) >= 11 is 11.0. The molecule has 18 heavy (non-hydrogen) atoms. The highest BCUT2D eigenvalue weighted by atomic mass is 79.9. The summed E-state index contributed by atoms with van der Waals surface area (Å²) in [5, 5.41) is 8.09. The van der Waals surface area contributed by atoms with Crippen LogP contribution in [0.5, 0.6) is 0 Å². The van der Waals surface area contributed by atoms with Gasteiger partial charge in [-0.3, -0.25) is 5.41 Å². The van der Waals surface area contributed by atoms with Gasteiger partial charge < -0.3 is 5.73 Å². The molecule has 0 aliphatic carbocycles. The highest BCUT2D eigenvalue weighted by Gasteiger charge is 2.10. The Hall–Kier alpha value is -0.970. The normalized spacial score (nSPS) is 10.3. The predicted octanol–water partition coefficient (Wildman–Crippen LogP) is 4.54. The summed E-state index contributed by atoms with van der Waals surface area (Å²) in [5.74, 6) is -0.0137. The Morgan fingerprint density at radius 2 is 1.83 bits per heavy atom. The molecule has 2 aromatic carbocycles. The van der Waals surface area contributed by atoms with E-state index in [9.17, 15) is 0 Å². The molecular formula is C13H10BrClN2S. The number of nitrogens with one attached hydrogen (secondary N) is 1. The Kier molecular flexibility index (Phi) is 4.32. The fraction of sp³-hybridized carbons (Fsp3) is 0. The Balaban J connectivity index is 2.37. The number of rotatable bonds is 3. The Morgan fingerprint density at radius 1 is 1.17 bits per heavy atom. The van der Waals surface area contributed by atoms with E-state index < -0.39 is 0 Å². The molecule has 0 atom stereocenters. The molecule has 3 N–H and O–H groups in total. The molecule has 0 heterocycles. The van der Waals surface area contributed by atoms with Gasteiger partial charge in [0.05, 0.1) is 5.02 Å². The molecule has 0 aromatic heterocycles. The quantitative estimate of drug-likeness (QED) is 0.636. The van der Waals surface area contributed by atoms with Crippen LogP contribution in [-0.4, -0.2) is 5.84 Å². The fourth-order valence-corrected chi connectivity index (χ4v) is 3.07. The van der Waals surface area contributed by atoms with Gasteiger partial charge in [-0.15, -0.1) is 0 Å². The van der Waals surface area contributed by atoms with Crippen LogP contribution in [0.1, 0.15) is 5.56 Å². The molecule has 92 valence electrons. The van der Waals surface area contributed by atoms with Gasteiger partial charge in [0.1, 0.15) is 5.84 Å². The average Bonchev–Trinajstić information content (AvgIpc) is 2.32. The Morgan fingerprint density at radius 3 is 2.44 bits per heavy atom. The molecule has 0 fully saturated rings. The van der Waals surface area contributed by atoms with E-state index in [1.54, 1.807) is 6.07 Å². The van der Waals surface area contributed by atoms with E-state index in [0.29, 0.717) is 10.6 Å². The molecule has 0 aliphatic heterocycles. The first-order chi connectivity index (χ1) is 8.58. The number of amidine groups is 1. The van der Waals surface area contributed by atoms with Crippen LogP contribution in [-0.2, 0) is 0 Å². The van der Waals surface area contributed by atoms with Crippen LogP contribution in [0.2, 0.25) is 5.02 Å². The lowest BCUT2D eigenvalue weighted by Gasteiger charge is -2.09.